The van der Waals surface area contributed by atoms with Crippen LogP contribution in [0.3, 0.4) is 0 Å². The van der Waals surface area contributed by atoms with Crippen molar-refractivity contribution in [1.29, 1.82) is 0 Å². The molecule has 0 saturated carbocycles. The summed E-state index contributed by atoms with van der Waals surface area (Å²) in [7, 11) is 0. The Bertz CT molecular complexity index is 605. The number of hydrogen-bond donors (Lipinski definition) is 2. The summed E-state index contributed by atoms with van der Waals surface area (Å²) >= 11 is 0. The van der Waals surface area contributed by atoms with Crippen molar-refractivity contribution in [3.63, 3.8) is 0 Å². The van der Waals surface area contributed by atoms with Gasteiger partial charge in [-0.2, -0.15) is 0 Å². The molecule has 2 N–H and O–H groups in total. The Morgan fingerprint density at radius 2 is 1.64 bits per heavy atom. The molecule has 5 heteroatoms. The van der Waals surface area contributed by atoms with Crippen molar-refractivity contribution in [3.8, 4) is 5.75 Å². The first-order chi connectivity index (χ1) is 12.3. The van der Waals surface area contributed by atoms with Gasteiger partial charge in [-0.15, -0.1) is 0 Å². The molecule has 0 spiro atoms. The molecule has 25 heavy (non-hydrogen) atoms. The molecule has 0 unspecified atom stereocenters. The maximum atomic E-state index is 11.6. The molecule has 0 radical (unpaired) electrons. The van der Waals surface area contributed by atoms with Gasteiger partial charge in [0, 0.05) is 32.7 Å². The van der Waals surface area contributed by atoms with E-state index in [2.05, 4.69) is 46.7 Å². The predicted octanol–water partition coefficient (Wildman–Crippen LogP) is 2.89. The third-order valence-electron chi connectivity index (χ3n) is 3.83. The number of benzene rings is 2. The average Bonchev–Trinajstić information content (AvgIpc) is 2.65. The number of ether oxygens (including phenoxy) is 1. The van der Waals surface area contributed by atoms with Gasteiger partial charge in [-0.25, -0.2) is 4.79 Å². The number of para-hydroxylation sites is 1. The molecule has 5 nitrogen and oxygen atoms in total. The van der Waals surface area contributed by atoms with Crippen LogP contribution in [0.25, 0.3) is 0 Å². The first kappa shape index (κ1) is 19.0. The van der Waals surface area contributed by atoms with E-state index < -0.39 is 6.09 Å². The Morgan fingerprint density at radius 1 is 0.960 bits per heavy atom. The molecule has 0 aliphatic rings. The van der Waals surface area contributed by atoms with Gasteiger partial charge in [0.15, 0.2) is 0 Å². The van der Waals surface area contributed by atoms with Crippen LogP contribution < -0.4 is 15.4 Å². The molecule has 0 bridgehead atoms. The molecule has 0 atom stereocenters. The molecule has 1 amide bonds. The summed E-state index contributed by atoms with van der Waals surface area (Å²) in [5.74, 6) is 0.549. The van der Waals surface area contributed by atoms with Crippen LogP contribution in [-0.2, 0) is 6.54 Å². The van der Waals surface area contributed by atoms with Crippen molar-refractivity contribution >= 4 is 6.09 Å². The lowest BCUT2D eigenvalue weighted by atomic mass is 10.2. The van der Waals surface area contributed by atoms with Crippen molar-refractivity contribution in [2.24, 2.45) is 0 Å². The smallest absolute Gasteiger partial charge is 0.410 e. The third kappa shape index (κ3) is 7.83. The Balaban J connectivity index is 1.54. The predicted molar refractivity (Wildman–Crippen MR) is 101 cm³/mol. The van der Waals surface area contributed by atoms with Gasteiger partial charge in [0.1, 0.15) is 5.75 Å². The Hall–Kier alpha value is -2.37. The zero-order valence-electron chi connectivity index (χ0n) is 14.8. The highest BCUT2D eigenvalue weighted by Crippen LogP contribution is 2.07. The van der Waals surface area contributed by atoms with Gasteiger partial charge >= 0.3 is 6.09 Å². The van der Waals surface area contributed by atoms with Gasteiger partial charge in [0.05, 0.1) is 0 Å². The number of likely N-dealkylation sites (N-methyl/N-ethyl adjacent to an activating group) is 1. The fraction of sp³-hybridized carbons (Fsp3) is 0.350. The topological polar surface area (TPSA) is 53.6 Å². The standard InChI is InChI=1S/C20H27N3O2/c1-2-23(17-18-9-5-3-6-10-18)16-15-21-13-14-22-20(24)25-19-11-7-4-8-12-19/h3-12,21H,2,13-17H2,1H3,(H,22,24). The molecule has 0 aromatic heterocycles. The third-order valence-corrected chi connectivity index (χ3v) is 3.83. The summed E-state index contributed by atoms with van der Waals surface area (Å²) in [6.07, 6.45) is -0.424. The summed E-state index contributed by atoms with van der Waals surface area (Å²) in [6.45, 7) is 7.25. The summed E-state index contributed by atoms with van der Waals surface area (Å²) in [5, 5.41) is 6.08. The molecule has 2 rings (SSSR count). The molecule has 0 heterocycles. The second-order valence-electron chi connectivity index (χ2n) is 5.73. The number of nitrogens with zero attached hydrogens (tertiary/aromatic N) is 1. The summed E-state index contributed by atoms with van der Waals surface area (Å²) in [5.41, 5.74) is 1.33. The van der Waals surface area contributed by atoms with Crippen LogP contribution in [0.15, 0.2) is 60.7 Å². The first-order valence-corrected chi connectivity index (χ1v) is 8.75. The lowest BCUT2D eigenvalue weighted by Gasteiger charge is -2.20. The van der Waals surface area contributed by atoms with Crippen LogP contribution >= 0.6 is 0 Å². The van der Waals surface area contributed by atoms with Crippen LogP contribution in [0.2, 0.25) is 0 Å². The Kier molecular flexibility index (Phi) is 8.52. The van der Waals surface area contributed by atoms with Crippen LogP contribution in [0.5, 0.6) is 5.75 Å². The largest absolute Gasteiger partial charge is 0.412 e. The van der Waals surface area contributed by atoms with E-state index in [1.165, 1.54) is 5.56 Å². The second kappa shape index (κ2) is 11.2. The maximum Gasteiger partial charge on any atom is 0.412 e. The van der Waals surface area contributed by atoms with Crippen molar-refractivity contribution < 1.29 is 9.53 Å². The van der Waals surface area contributed by atoms with Crippen LogP contribution in [-0.4, -0.2) is 43.7 Å². The maximum absolute atomic E-state index is 11.6. The van der Waals surface area contributed by atoms with Gasteiger partial charge in [-0.3, -0.25) is 4.90 Å². The van der Waals surface area contributed by atoms with Gasteiger partial charge in [-0.05, 0) is 24.2 Å². The zero-order valence-corrected chi connectivity index (χ0v) is 14.8. The number of rotatable bonds is 10. The van der Waals surface area contributed by atoms with E-state index in [4.69, 9.17) is 4.74 Å². The number of carbonyl (C=O) groups excluding carboxylic acids is 1. The molecule has 0 fully saturated rings. The van der Waals surface area contributed by atoms with E-state index in [0.717, 1.165) is 26.2 Å². The normalized spacial score (nSPS) is 10.6. The van der Waals surface area contributed by atoms with E-state index in [-0.39, 0.29) is 0 Å². The van der Waals surface area contributed by atoms with E-state index in [1.54, 1.807) is 12.1 Å². The summed E-state index contributed by atoms with van der Waals surface area (Å²) in [6, 6.07) is 19.5. The fourth-order valence-corrected chi connectivity index (χ4v) is 2.44. The van der Waals surface area contributed by atoms with E-state index >= 15 is 0 Å². The van der Waals surface area contributed by atoms with Crippen molar-refractivity contribution in [2.75, 3.05) is 32.7 Å². The number of nitrogens with one attached hydrogen (secondary N) is 2. The monoisotopic (exact) mass is 341 g/mol. The second-order valence-corrected chi connectivity index (χ2v) is 5.73. The Labute approximate surface area is 150 Å². The molecular formula is C20H27N3O2. The molecule has 0 saturated heterocycles. The van der Waals surface area contributed by atoms with Crippen molar-refractivity contribution in [2.45, 2.75) is 13.5 Å². The van der Waals surface area contributed by atoms with Crippen LogP contribution in [0, 0.1) is 0 Å². The number of hydrogen-bond acceptors (Lipinski definition) is 4. The van der Waals surface area contributed by atoms with E-state index in [1.807, 2.05) is 24.3 Å². The van der Waals surface area contributed by atoms with Gasteiger partial charge < -0.3 is 15.4 Å². The minimum absolute atomic E-state index is 0.424. The molecular weight excluding hydrogens is 314 g/mol. The minimum atomic E-state index is -0.424. The van der Waals surface area contributed by atoms with Crippen molar-refractivity contribution in [3.05, 3.63) is 66.2 Å². The van der Waals surface area contributed by atoms with E-state index in [0.29, 0.717) is 18.8 Å². The van der Waals surface area contributed by atoms with Crippen molar-refractivity contribution in [1.82, 2.24) is 15.5 Å². The minimum Gasteiger partial charge on any atom is -0.410 e. The SMILES string of the molecule is CCN(CCNCCNC(=O)Oc1ccccc1)Cc1ccccc1. The quantitative estimate of drug-likeness (QED) is 0.653. The molecule has 0 aliphatic carbocycles. The number of carbonyl (C=O) groups is 1. The molecule has 134 valence electrons. The lowest BCUT2D eigenvalue weighted by molar-refractivity contribution is 0.200. The van der Waals surface area contributed by atoms with Gasteiger partial charge in [0.25, 0.3) is 0 Å². The van der Waals surface area contributed by atoms with Crippen LogP contribution in [0.1, 0.15) is 12.5 Å². The van der Waals surface area contributed by atoms with Gasteiger partial charge in [-0.1, -0.05) is 55.5 Å². The van der Waals surface area contributed by atoms with E-state index in [9.17, 15) is 4.79 Å². The fourth-order valence-electron chi connectivity index (χ4n) is 2.44. The van der Waals surface area contributed by atoms with Gasteiger partial charge in [0.2, 0.25) is 0 Å². The molecule has 2 aromatic carbocycles. The highest BCUT2D eigenvalue weighted by Gasteiger charge is 2.04. The summed E-state index contributed by atoms with van der Waals surface area (Å²) < 4.78 is 5.16. The highest BCUT2D eigenvalue weighted by molar-refractivity contribution is 5.70. The highest BCUT2D eigenvalue weighted by atomic mass is 16.6. The summed E-state index contributed by atoms with van der Waals surface area (Å²) in [4.78, 5) is 14.0. The molecule has 2 aromatic rings. The molecule has 0 aliphatic heterocycles. The first-order valence-electron chi connectivity index (χ1n) is 8.75. The van der Waals surface area contributed by atoms with Crippen LogP contribution in [0.4, 0.5) is 4.79 Å². The lowest BCUT2D eigenvalue weighted by Crippen LogP contribution is -2.37. The number of amides is 1. The zero-order chi connectivity index (χ0) is 17.7. The Morgan fingerprint density at radius 3 is 2.32 bits per heavy atom. The average molecular weight is 341 g/mol.